The first-order chi connectivity index (χ1) is 15.9. The molecule has 0 radical (unpaired) electrons. The molecule has 2 aromatic rings. The molecule has 0 saturated carbocycles. The van der Waals surface area contributed by atoms with Crippen molar-refractivity contribution in [2.24, 2.45) is 0 Å². The number of hydrogen-bond acceptors (Lipinski definition) is 4. The van der Waals surface area contributed by atoms with Gasteiger partial charge in [0.15, 0.2) is 5.78 Å². The van der Waals surface area contributed by atoms with Crippen molar-refractivity contribution < 1.29 is 23.1 Å². The Bertz CT molecular complexity index is 1100. The lowest BCUT2D eigenvalue weighted by Gasteiger charge is -2.50. The van der Waals surface area contributed by atoms with Gasteiger partial charge >= 0.3 is 0 Å². The fraction of sp³-hybridized carbons (Fsp3) is 0.538. The van der Waals surface area contributed by atoms with Crippen LogP contribution in [0, 0.1) is 0 Å². The molecule has 0 aliphatic carbocycles. The second kappa shape index (κ2) is 8.80. The maximum atomic E-state index is 14.3. The number of likely N-dealkylation sites (N-methyl/N-ethyl adjacent to an activating group) is 1. The molecule has 0 atom stereocenters. The highest BCUT2D eigenvalue weighted by atomic mass is 19.3. The van der Waals surface area contributed by atoms with Gasteiger partial charge in [-0.2, -0.15) is 0 Å². The molecule has 1 spiro atoms. The van der Waals surface area contributed by atoms with Crippen LogP contribution in [0.25, 0.3) is 0 Å². The lowest BCUT2D eigenvalue weighted by atomic mass is 9.81. The molecule has 1 aromatic carbocycles. The Morgan fingerprint density at radius 1 is 1.06 bits per heavy atom. The monoisotopic (exact) mass is 473 g/mol. The number of nitrogens with zero attached hydrogens (tertiary/aromatic N) is 3. The molecular weight excluding hydrogens is 440 g/mol. The van der Waals surface area contributed by atoms with E-state index in [4.69, 9.17) is 4.74 Å². The number of fused-ring (bicyclic) bond motifs is 2. The number of ketones is 1. The average molecular weight is 474 g/mol. The molecule has 2 aliphatic heterocycles. The number of piperidine rings is 1. The Morgan fingerprint density at radius 2 is 1.74 bits per heavy atom. The molecule has 1 fully saturated rings. The van der Waals surface area contributed by atoms with Gasteiger partial charge in [0.05, 0.1) is 22.9 Å². The summed E-state index contributed by atoms with van der Waals surface area (Å²) in [5.74, 6) is -3.24. The van der Waals surface area contributed by atoms with Crippen molar-refractivity contribution in [1.82, 2.24) is 14.4 Å². The smallest absolute Gasteiger partial charge is 0.274 e. The number of rotatable bonds is 5. The summed E-state index contributed by atoms with van der Waals surface area (Å²) in [6.07, 6.45) is 1.17. The number of aromatic nitrogens is 1. The molecular formula is C26H33F2N3O3. The zero-order valence-corrected chi connectivity index (χ0v) is 20.5. The summed E-state index contributed by atoms with van der Waals surface area (Å²) in [7, 11) is 2.09. The van der Waals surface area contributed by atoms with E-state index >= 15 is 0 Å². The lowest BCUT2D eigenvalue weighted by molar-refractivity contribution is 0.0119. The van der Waals surface area contributed by atoms with Gasteiger partial charge in [0, 0.05) is 51.3 Å². The first kappa shape index (κ1) is 24.4. The number of likely N-dealkylation sites (tertiary alicyclic amines) is 1. The molecule has 1 amide bonds. The summed E-state index contributed by atoms with van der Waals surface area (Å²) >= 11 is 0. The van der Waals surface area contributed by atoms with Crippen LogP contribution in [-0.2, 0) is 18.0 Å². The minimum atomic E-state index is -3.13. The van der Waals surface area contributed by atoms with Crippen molar-refractivity contribution in [2.45, 2.75) is 64.6 Å². The van der Waals surface area contributed by atoms with E-state index in [1.54, 1.807) is 31.7 Å². The molecule has 8 heteroatoms. The SMILES string of the molecule is CC(=O)c1ccc2n1CCN(C)C21CCN(C(=O)c2ccc(OC(C)C)c(C(C)(F)F)c2)CC1. The molecule has 184 valence electrons. The predicted molar refractivity (Wildman–Crippen MR) is 126 cm³/mol. The Hall–Kier alpha value is -2.74. The number of alkyl halides is 2. The van der Waals surface area contributed by atoms with Gasteiger partial charge in [0.25, 0.3) is 11.8 Å². The number of Topliss-reactive ketones (excluding diaryl/α,β-unsaturated/α-hetero) is 1. The topological polar surface area (TPSA) is 54.8 Å². The average Bonchev–Trinajstić information content (AvgIpc) is 3.21. The molecule has 0 bridgehead atoms. The van der Waals surface area contributed by atoms with E-state index in [9.17, 15) is 18.4 Å². The quantitative estimate of drug-likeness (QED) is 0.593. The third kappa shape index (κ3) is 4.24. The van der Waals surface area contributed by atoms with Crippen molar-refractivity contribution in [1.29, 1.82) is 0 Å². The number of carbonyl (C=O) groups is 2. The van der Waals surface area contributed by atoms with Crippen LogP contribution in [0.2, 0.25) is 0 Å². The Morgan fingerprint density at radius 3 is 2.32 bits per heavy atom. The van der Waals surface area contributed by atoms with Crippen LogP contribution >= 0.6 is 0 Å². The predicted octanol–water partition coefficient (Wildman–Crippen LogP) is 4.67. The lowest BCUT2D eigenvalue weighted by Crippen LogP contribution is -2.56. The molecule has 6 nitrogen and oxygen atoms in total. The molecule has 0 N–H and O–H groups in total. The van der Waals surface area contributed by atoms with Gasteiger partial charge < -0.3 is 14.2 Å². The molecule has 34 heavy (non-hydrogen) atoms. The fourth-order valence-electron chi connectivity index (χ4n) is 5.34. The number of ether oxygens (including phenoxy) is 1. The Labute approximate surface area is 199 Å². The van der Waals surface area contributed by atoms with Crippen molar-refractivity contribution in [3.8, 4) is 5.75 Å². The van der Waals surface area contributed by atoms with Gasteiger partial charge in [-0.3, -0.25) is 14.5 Å². The Kier molecular flexibility index (Phi) is 6.31. The number of amides is 1. The third-order valence-electron chi connectivity index (χ3n) is 7.15. The zero-order valence-electron chi connectivity index (χ0n) is 20.5. The van der Waals surface area contributed by atoms with Gasteiger partial charge in [-0.05, 0) is 64.1 Å². The second-order valence-electron chi connectivity index (χ2n) is 9.82. The number of hydrogen-bond donors (Lipinski definition) is 0. The van der Waals surface area contributed by atoms with Gasteiger partial charge in [0.2, 0.25) is 0 Å². The second-order valence-corrected chi connectivity index (χ2v) is 9.82. The molecule has 1 saturated heterocycles. The van der Waals surface area contributed by atoms with E-state index in [0.29, 0.717) is 25.9 Å². The molecule has 1 aromatic heterocycles. The first-order valence-electron chi connectivity index (χ1n) is 11.8. The minimum absolute atomic E-state index is 0.0481. The zero-order chi connectivity index (χ0) is 24.8. The van der Waals surface area contributed by atoms with Gasteiger partial charge in [-0.25, -0.2) is 8.78 Å². The summed E-state index contributed by atoms with van der Waals surface area (Å²) in [4.78, 5) is 29.4. The van der Waals surface area contributed by atoms with Gasteiger partial charge in [-0.1, -0.05) is 0 Å². The maximum absolute atomic E-state index is 14.3. The minimum Gasteiger partial charge on any atom is -0.490 e. The molecule has 3 heterocycles. The van der Waals surface area contributed by atoms with E-state index in [1.807, 2.05) is 12.1 Å². The number of carbonyl (C=O) groups excluding carboxylic acids is 2. The van der Waals surface area contributed by atoms with Crippen molar-refractivity contribution in [2.75, 3.05) is 26.7 Å². The van der Waals surface area contributed by atoms with Crippen molar-refractivity contribution in [3.05, 3.63) is 52.8 Å². The summed E-state index contributed by atoms with van der Waals surface area (Å²) in [5, 5.41) is 0. The third-order valence-corrected chi connectivity index (χ3v) is 7.15. The largest absolute Gasteiger partial charge is 0.490 e. The maximum Gasteiger partial charge on any atom is 0.274 e. The van der Waals surface area contributed by atoms with Crippen LogP contribution < -0.4 is 4.74 Å². The van der Waals surface area contributed by atoms with Crippen LogP contribution in [0.1, 0.15) is 72.6 Å². The summed E-state index contributed by atoms with van der Waals surface area (Å²) in [5.41, 5.74) is 1.54. The van der Waals surface area contributed by atoms with E-state index < -0.39 is 5.92 Å². The fourth-order valence-corrected chi connectivity index (χ4v) is 5.34. The Balaban J connectivity index is 1.57. The van der Waals surface area contributed by atoms with Crippen molar-refractivity contribution in [3.63, 3.8) is 0 Å². The van der Waals surface area contributed by atoms with E-state index in [1.165, 1.54) is 12.1 Å². The molecule has 0 unspecified atom stereocenters. The van der Waals surface area contributed by atoms with Crippen LogP contribution in [0.5, 0.6) is 5.75 Å². The number of benzene rings is 1. The van der Waals surface area contributed by atoms with E-state index in [2.05, 4.69) is 16.5 Å². The summed E-state index contributed by atoms with van der Waals surface area (Å²) in [6, 6.07) is 8.23. The van der Waals surface area contributed by atoms with E-state index in [0.717, 1.165) is 31.4 Å². The van der Waals surface area contributed by atoms with Gasteiger partial charge in [0.1, 0.15) is 5.75 Å². The van der Waals surface area contributed by atoms with Gasteiger partial charge in [-0.15, -0.1) is 0 Å². The van der Waals surface area contributed by atoms with Crippen LogP contribution in [0.15, 0.2) is 30.3 Å². The van der Waals surface area contributed by atoms with Crippen LogP contribution in [0.3, 0.4) is 0 Å². The highest BCUT2D eigenvalue weighted by Crippen LogP contribution is 2.42. The summed E-state index contributed by atoms with van der Waals surface area (Å²) in [6.45, 7) is 8.55. The normalized spacial score (nSPS) is 18.3. The number of halogens is 2. The van der Waals surface area contributed by atoms with Crippen molar-refractivity contribution >= 4 is 11.7 Å². The molecule has 4 rings (SSSR count). The molecule has 2 aliphatic rings. The van der Waals surface area contributed by atoms with E-state index in [-0.39, 0.29) is 40.2 Å². The summed E-state index contributed by atoms with van der Waals surface area (Å²) < 4.78 is 36.3. The standard InChI is InChI=1S/C26H33F2N3O3/c1-17(2)34-22-8-6-19(16-20(22)25(4,27)28)24(33)30-12-10-26(11-13-30)23-9-7-21(18(3)32)31(23)15-14-29(26)5/h6-9,16-17H,10-15H2,1-5H3. The van der Waals surface area contributed by atoms with Crippen LogP contribution in [0.4, 0.5) is 8.78 Å². The highest BCUT2D eigenvalue weighted by molar-refractivity contribution is 5.95. The van der Waals surface area contributed by atoms with Crippen LogP contribution in [-0.4, -0.2) is 58.8 Å². The highest BCUT2D eigenvalue weighted by Gasteiger charge is 2.45. The first-order valence-corrected chi connectivity index (χ1v) is 11.8.